The average Bonchev–Trinajstić information content (AvgIpc) is 2.83. The third-order valence-electron chi connectivity index (χ3n) is 4.55. The van der Waals surface area contributed by atoms with Crippen LogP contribution in [0.3, 0.4) is 0 Å². The normalized spacial score (nSPS) is 10.2. The Balaban J connectivity index is 1.85. The summed E-state index contributed by atoms with van der Waals surface area (Å²) < 4.78 is 0. The lowest BCUT2D eigenvalue weighted by Crippen LogP contribution is -2.16. The molecule has 0 atom stereocenters. The monoisotopic (exact) mass is 496 g/mol. The van der Waals surface area contributed by atoms with Crippen LogP contribution in [-0.4, -0.2) is 31.5 Å². The van der Waals surface area contributed by atoms with Crippen molar-refractivity contribution in [2.75, 3.05) is 10.6 Å². The number of nitrogens with one attached hydrogen (secondary N) is 2. The van der Waals surface area contributed by atoms with Crippen molar-refractivity contribution in [1.82, 2.24) is 0 Å². The lowest BCUT2D eigenvalue weighted by atomic mass is 10.1. The topological polar surface area (TPSA) is 231 Å². The molecule has 3 aromatic rings. The van der Waals surface area contributed by atoms with Crippen LogP contribution in [0.2, 0.25) is 0 Å². The van der Waals surface area contributed by atoms with Gasteiger partial charge in [0.2, 0.25) is 0 Å². The van der Waals surface area contributed by atoms with Gasteiger partial charge in [-0.2, -0.15) is 0 Å². The summed E-state index contributed by atoms with van der Waals surface area (Å²) >= 11 is 0. The summed E-state index contributed by atoms with van der Waals surface area (Å²) in [4.78, 5) is 65.8. The number of amides is 2. The lowest BCUT2D eigenvalue weighted by molar-refractivity contribution is -0.394. The van der Waals surface area contributed by atoms with E-state index >= 15 is 0 Å². The van der Waals surface area contributed by atoms with Gasteiger partial charge in [0.25, 0.3) is 34.6 Å². The molecule has 0 heterocycles. The fraction of sp³-hybridized carbons (Fsp3) is 0. The SMILES string of the molecule is O=C(Nc1cc([N+](=O)[O-])cc([N+](=O)[O-])c1)c1cccc(C(=O)Nc2cc([N+](=O)[O-])cc([N+](=O)[O-])c2)c1. The number of anilines is 2. The Morgan fingerprint density at radius 1 is 0.528 bits per heavy atom. The van der Waals surface area contributed by atoms with E-state index in [2.05, 4.69) is 10.6 Å². The van der Waals surface area contributed by atoms with E-state index in [4.69, 9.17) is 0 Å². The molecule has 2 amide bonds. The summed E-state index contributed by atoms with van der Waals surface area (Å²) in [5.41, 5.74) is -3.20. The van der Waals surface area contributed by atoms with Gasteiger partial charge in [-0.15, -0.1) is 0 Å². The quantitative estimate of drug-likeness (QED) is 0.338. The Bertz CT molecular complexity index is 1290. The number of rotatable bonds is 8. The van der Waals surface area contributed by atoms with Crippen molar-refractivity contribution in [3.05, 3.63) is 112 Å². The van der Waals surface area contributed by atoms with Crippen molar-refractivity contribution in [2.45, 2.75) is 0 Å². The van der Waals surface area contributed by atoms with Gasteiger partial charge in [0.1, 0.15) is 0 Å². The maximum absolute atomic E-state index is 12.6. The number of benzene rings is 3. The van der Waals surface area contributed by atoms with Gasteiger partial charge < -0.3 is 10.6 Å². The van der Waals surface area contributed by atoms with Crippen LogP contribution in [0.15, 0.2) is 60.7 Å². The second-order valence-corrected chi connectivity index (χ2v) is 6.99. The fourth-order valence-electron chi connectivity index (χ4n) is 2.96. The van der Waals surface area contributed by atoms with E-state index in [1.165, 1.54) is 18.2 Å². The summed E-state index contributed by atoms with van der Waals surface area (Å²) in [7, 11) is 0. The van der Waals surface area contributed by atoms with Crippen LogP contribution < -0.4 is 10.6 Å². The van der Waals surface area contributed by atoms with Crippen LogP contribution in [0.5, 0.6) is 0 Å². The highest BCUT2D eigenvalue weighted by atomic mass is 16.6. The van der Waals surface area contributed by atoms with Crippen molar-refractivity contribution < 1.29 is 29.3 Å². The molecule has 0 unspecified atom stereocenters. The molecule has 182 valence electrons. The van der Waals surface area contributed by atoms with Gasteiger partial charge in [-0.1, -0.05) is 6.07 Å². The molecular weight excluding hydrogens is 484 g/mol. The van der Waals surface area contributed by atoms with Crippen LogP contribution in [-0.2, 0) is 0 Å². The number of non-ortho nitro benzene ring substituents is 4. The van der Waals surface area contributed by atoms with Crippen LogP contribution >= 0.6 is 0 Å². The predicted octanol–water partition coefficient (Wildman–Crippen LogP) is 3.82. The molecule has 36 heavy (non-hydrogen) atoms. The molecule has 3 rings (SSSR count). The maximum atomic E-state index is 12.6. The number of carbonyl (C=O) groups is 2. The summed E-state index contributed by atoms with van der Waals surface area (Å²) in [5.74, 6) is -1.71. The van der Waals surface area contributed by atoms with E-state index in [1.54, 1.807) is 0 Å². The van der Waals surface area contributed by atoms with Gasteiger partial charge >= 0.3 is 0 Å². The smallest absolute Gasteiger partial charge is 0.278 e. The molecule has 0 saturated carbocycles. The number of nitro groups is 4. The van der Waals surface area contributed by atoms with Gasteiger partial charge in [0.05, 0.1) is 43.2 Å². The molecule has 3 aromatic carbocycles. The van der Waals surface area contributed by atoms with E-state index in [1.807, 2.05) is 0 Å². The number of hydrogen-bond donors (Lipinski definition) is 2. The molecule has 0 aliphatic rings. The minimum atomic E-state index is -0.869. The van der Waals surface area contributed by atoms with Gasteiger partial charge in [0.15, 0.2) is 0 Å². The Morgan fingerprint density at radius 3 is 1.11 bits per heavy atom. The zero-order valence-corrected chi connectivity index (χ0v) is 17.6. The minimum absolute atomic E-state index is 0.109. The molecule has 0 aromatic heterocycles. The number of nitrogens with zero attached hydrogens (tertiary/aromatic N) is 4. The van der Waals surface area contributed by atoms with Crippen molar-refractivity contribution in [1.29, 1.82) is 0 Å². The predicted molar refractivity (Wildman–Crippen MR) is 122 cm³/mol. The van der Waals surface area contributed by atoms with Gasteiger partial charge in [-0.3, -0.25) is 50.0 Å². The van der Waals surface area contributed by atoms with Crippen LogP contribution in [0.25, 0.3) is 0 Å². The standard InChI is InChI=1S/C20H12N6O10/c27-19(21-13-5-15(23(29)30)9-16(6-13)24(31)32)11-2-1-3-12(4-11)20(28)22-14-7-17(25(33)34)10-18(8-14)26(35)36/h1-10H,(H,21,27)(H,22,28). The molecule has 0 bridgehead atoms. The summed E-state index contributed by atoms with van der Waals surface area (Å²) in [6.45, 7) is 0. The Kier molecular flexibility index (Phi) is 6.90. The molecule has 0 spiro atoms. The Labute approximate surface area is 198 Å². The van der Waals surface area contributed by atoms with Crippen molar-refractivity contribution in [2.24, 2.45) is 0 Å². The molecule has 0 aliphatic heterocycles. The summed E-state index contributed by atoms with van der Waals surface area (Å²) in [5, 5.41) is 48.6. The minimum Gasteiger partial charge on any atom is -0.321 e. The first-order valence-electron chi connectivity index (χ1n) is 9.55. The van der Waals surface area contributed by atoms with Gasteiger partial charge in [-0.25, -0.2) is 0 Å². The Hall–Kier alpha value is -5.80. The zero-order valence-electron chi connectivity index (χ0n) is 17.6. The highest BCUT2D eigenvalue weighted by molar-refractivity contribution is 6.09. The zero-order chi connectivity index (χ0) is 26.6. The highest BCUT2D eigenvalue weighted by Crippen LogP contribution is 2.27. The molecule has 0 saturated heterocycles. The fourth-order valence-corrected chi connectivity index (χ4v) is 2.96. The highest BCUT2D eigenvalue weighted by Gasteiger charge is 2.20. The van der Waals surface area contributed by atoms with Crippen LogP contribution in [0.4, 0.5) is 34.1 Å². The molecule has 0 radical (unpaired) electrons. The molecule has 16 heteroatoms. The third kappa shape index (κ3) is 5.76. The number of nitro benzene ring substituents is 4. The first-order chi connectivity index (χ1) is 16.9. The van der Waals surface area contributed by atoms with Crippen LogP contribution in [0, 0.1) is 40.5 Å². The second-order valence-electron chi connectivity index (χ2n) is 6.99. The van der Waals surface area contributed by atoms with Crippen molar-refractivity contribution in [3.63, 3.8) is 0 Å². The van der Waals surface area contributed by atoms with Crippen molar-refractivity contribution in [3.8, 4) is 0 Å². The molecule has 2 N–H and O–H groups in total. The molecular formula is C20H12N6O10. The van der Waals surface area contributed by atoms with Crippen molar-refractivity contribution >= 4 is 45.9 Å². The first kappa shape index (κ1) is 24.8. The Morgan fingerprint density at radius 2 is 0.833 bits per heavy atom. The second kappa shape index (κ2) is 10.00. The van der Waals surface area contributed by atoms with E-state index < -0.39 is 54.3 Å². The van der Waals surface area contributed by atoms with Gasteiger partial charge in [0, 0.05) is 35.4 Å². The van der Waals surface area contributed by atoms with E-state index in [0.29, 0.717) is 0 Å². The third-order valence-corrected chi connectivity index (χ3v) is 4.55. The molecule has 16 nitrogen and oxygen atoms in total. The average molecular weight is 496 g/mol. The largest absolute Gasteiger partial charge is 0.321 e. The van der Waals surface area contributed by atoms with E-state index in [0.717, 1.165) is 42.5 Å². The summed E-state index contributed by atoms with van der Waals surface area (Å²) in [6.07, 6.45) is 0. The number of hydrogen-bond acceptors (Lipinski definition) is 10. The summed E-state index contributed by atoms with van der Waals surface area (Å²) in [6, 6.07) is 10.1. The molecule has 0 aliphatic carbocycles. The van der Waals surface area contributed by atoms with E-state index in [9.17, 15) is 50.0 Å². The van der Waals surface area contributed by atoms with Crippen LogP contribution in [0.1, 0.15) is 20.7 Å². The first-order valence-corrected chi connectivity index (χ1v) is 9.55. The number of carbonyl (C=O) groups excluding carboxylic acids is 2. The van der Waals surface area contributed by atoms with Gasteiger partial charge in [-0.05, 0) is 18.2 Å². The molecule has 0 fully saturated rings. The maximum Gasteiger partial charge on any atom is 0.278 e. The lowest BCUT2D eigenvalue weighted by Gasteiger charge is -2.08. The van der Waals surface area contributed by atoms with E-state index in [-0.39, 0.29) is 22.5 Å².